The van der Waals surface area contributed by atoms with Crippen molar-refractivity contribution in [2.45, 2.75) is 49.6 Å². The minimum atomic E-state index is 0.650. The highest BCUT2D eigenvalue weighted by Gasteiger charge is 2.19. The van der Waals surface area contributed by atoms with Gasteiger partial charge < -0.3 is 10.3 Å². The molecule has 84 valence electrons. The molecule has 4 nitrogen and oxygen atoms in total. The fourth-order valence-corrected chi connectivity index (χ4v) is 3.30. The molecule has 5 heteroatoms. The van der Waals surface area contributed by atoms with E-state index in [1.165, 1.54) is 25.7 Å². The SMILES string of the molecule is Cc1nnc(SC2CCCC2)n1CCN. The van der Waals surface area contributed by atoms with Crippen LogP contribution in [0.2, 0.25) is 0 Å². The smallest absolute Gasteiger partial charge is 0.191 e. The van der Waals surface area contributed by atoms with Crippen molar-refractivity contribution in [3.8, 4) is 0 Å². The number of nitrogens with zero attached hydrogens (tertiary/aromatic N) is 3. The first-order chi connectivity index (χ1) is 7.31. The summed E-state index contributed by atoms with van der Waals surface area (Å²) >= 11 is 1.87. The van der Waals surface area contributed by atoms with E-state index in [1.807, 2.05) is 18.7 Å². The molecule has 0 bridgehead atoms. The quantitative estimate of drug-likeness (QED) is 0.847. The molecule has 2 rings (SSSR count). The first kappa shape index (κ1) is 11.0. The van der Waals surface area contributed by atoms with Gasteiger partial charge in [0.1, 0.15) is 5.82 Å². The molecule has 0 aromatic carbocycles. The van der Waals surface area contributed by atoms with Crippen molar-refractivity contribution in [1.29, 1.82) is 0 Å². The third-order valence-electron chi connectivity index (χ3n) is 2.83. The number of hydrogen-bond acceptors (Lipinski definition) is 4. The predicted molar refractivity (Wildman–Crippen MR) is 61.9 cm³/mol. The zero-order valence-electron chi connectivity index (χ0n) is 9.15. The minimum absolute atomic E-state index is 0.650. The van der Waals surface area contributed by atoms with Crippen LogP contribution in [-0.2, 0) is 6.54 Å². The van der Waals surface area contributed by atoms with E-state index in [1.54, 1.807) is 0 Å². The molecule has 1 saturated carbocycles. The van der Waals surface area contributed by atoms with Gasteiger partial charge in [-0.1, -0.05) is 24.6 Å². The van der Waals surface area contributed by atoms with Gasteiger partial charge in [0, 0.05) is 18.3 Å². The molecule has 15 heavy (non-hydrogen) atoms. The fourth-order valence-electron chi connectivity index (χ4n) is 1.99. The van der Waals surface area contributed by atoms with E-state index < -0.39 is 0 Å². The van der Waals surface area contributed by atoms with Crippen LogP contribution < -0.4 is 5.73 Å². The second kappa shape index (κ2) is 4.99. The summed E-state index contributed by atoms with van der Waals surface area (Å²) in [5, 5.41) is 10.1. The standard InChI is InChI=1S/C10H18N4S/c1-8-12-13-10(14(8)7-6-11)15-9-4-2-3-5-9/h9H,2-7,11H2,1H3. The van der Waals surface area contributed by atoms with Crippen molar-refractivity contribution < 1.29 is 0 Å². The first-order valence-corrected chi connectivity index (χ1v) is 6.45. The molecule has 0 amide bonds. The van der Waals surface area contributed by atoms with E-state index in [2.05, 4.69) is 14.8 Å². The summed E-state index contributed by atoms with van der Waals surface area (Å²) in [4.78, 5) is 0. The third-order valence-corrected chi connectivity index (χ3v) is 4.15. The van der Waals surface area contributed by atoms with Crippen molar-refractivity contribution in [2.75, 3.05) is 6.54 Å². The first-order valence-electron chi connectivity index (χ1n) is 5.58. The van der Waals surface area contributed by atoms with Gasteiger partial charge in [0.25, 0.3) is 0 Å². The lowest BCUT2D eigenvalue weighted by molar-refractivity contribution is 0.626. The van der Waals surface area contributed by atoms with Crippen LogP contribution >= 0.6 is 11.8 Å². The van der Waals surface area contributed by atoms with Crippen LogP contribution in [0.3, 0.4) is 0 Å². The molecule has 1 aliphatic carbocycles. The van der Waals surface area contributed by atoms with E-state index >= 15 is 0 Å². The Kier molecular flexibility index (Phi) is 3.64. The maximum Gasteiger partial charge on any atom is 0.191 e. The van der Waals surface area contributed by atoms with Gasteiger partial charge in [-0.25, -0.2) is 0 Å². The molecule has 1 aromatic rings. The Morgan fingerprint density at radius 1 is 1.40 bits per heavy atom. The van der Waals surface area contributed by atoms with Crippen LogP contribution in [-0.4, -0.2) is 26.6 Å². The van der Waals surface area contributed by atoms with E-state index in [0.717, 1.165) is 22.8 Å². The summed E-state index contributed by atoms with van der Waals surface area (Å²) in [5.41, 5.74) is 5.58. The van der Waals surface area contributed by atoms with E-state index in [0.29, 0.717) is 6.54 Å². The maximum atomic E-state index is 5.58. The topological polar surface area (TPSA) is 56.7 Å². The molecule has 1 aliphatic rings. The normalized spacial score (nSPS) is 17.5. The highest BCUT2D eigenvalue weighted by Crippen LogP contribution is 2.33. The molecule has 0 aliphatic heterocycles. The monoisotopic (exact) mass is 226 g/mol. The predicted octanol–water partition coefficient (Wildman–Crippen LogP) is 1.58. The Morgan fingerprint density at radius 3 is 2.80 bits per heavy atom. The minimum Gasteiger partial charge on any atom is -0.329 e. The molecule has 0 radical (unpaired) electrons. The van der Waals surface area contributed by atoms with Crippen LogP contribution in [0, 0.1) is 6.92 Å². The Labute approximate surface area is 94.6 Å². The zero-order valence-corrected chi connectivity index (χ0v) is 9.96. The summed E-state index contributed by atoms with van der Waals surface area (Å²) in [5.74, 6) is 0.973. The molecule has 0 unspecified atom stereocenters. The van der Waals surface area contributed by atoms with Gasteiger partial charge in [-0.15, -0.1) is 10.2 Å². The number of nitrogens with two attached hydrogens (primary N) is 1. The van der Waals surface area contributed by atoms with Crippen molar-refractivity contribution in [2.24, 2.45) is 5.73 Å². The maximum absolute atomic E-state index is 5.58. The van der Waals surface area contributed by atoms with E-state index in [-0.39, 0.29) is 0 Å². The highest BCUT2D eigenvalue weighted by molar-refractivity contribution is 7.99. The molecule has 0 spiro atoms. The van der Waals surface area contributed by atoms with Crippen molar-refractivity contribution in [3.63, 3.8) is 0 Å². The lowest BCUT2D eigenvalue weighted by Gasteiger charge is -2.10. The van der Waals surface area contributed by atoms with Gasteiger partial charge in [0.2, 0.25) is 0 Å². The number of rotatable bonds is 4. The lowest BCUT2D eigenvalue weighted by atomic mass is 10.4. The molecule has 1 heterocycles. The molecule has 2 N–H and O–H groups in total. The number of thioether (sulfide) groups is 1. The van der Waals surface area contributed by atoms with Crippen molar-refractivity contribution >= 4 is 11.8 Å². The Hall–Kier alpha value is -0.550. The molecular formula is C10H18N4S. The van der Waals surface area contributed by atoms with Crippen molar-refractivity contribution in [3.05, 3.63) is 5.82 Å². The Morgan fingerprint density at radius 2 is 2.13 bits per heavy atom. The summed E-state index contributed by atoms with van der Waals surface area (Å²) < 4.78 is 2.13. The Bertz CT molecular complexity index is 317. The average molecular weight is 226 g/mol. The largest absolute Gasteiger partial charge is 0.329 e. The zero-order chi connectivity index (χ0) is 10.7. The molecular weight excluding hydrogens is 208 g/mol. The summed E-state index contributed by atoms with van der Waals surface area (Å²) in [6.07, 6.45) is 5.36. The number of aromatic nitrogens is 3. The molecule has 1 aromatic heterocycles. The number of hydrogen-bond donors (Lipinski definition) is 1. The summed E-state index contributed by atoms with van der Waals surface area (Å²) in [6, 6.07) is 0. The highest BCUT2D eigenvalue weighted by atomic mass is 32.2. The number of aryl methyl sites for hydroxylation is 1. The van der Waals surface area contributed by atoms with Gasteiger partial charge in [0.15, 0.2) is 5.16 Å². The molecule has 0 saturated heterocycles. The van der Waals surface area contributed by atoms with Crippen LogP contribution in [0.25, 0.3) is 0 Å². The Balaban J connectivity index is 2.05. The summed E-state index contributed by atoms with van der Waals surface area (Å²) in [6.45, 7) is 3.46. The third kappa shape index (κ3) is 2.52. The molecule has 1 fully saturated rings. The molecule has 0 atom stereocenters. The fraction of sp³-hybridized carbons (Fsp3) is 0.800. The summed E-state index contributed by atoms with van der Waals surface area (Å²) in [7, 11) is 0. The van der Waals surface area contributed by atoms with Crippen LogP contribution in [0.5, 0.6) is 0 Å². The second-order valence-corrected chi connectivity index (χ2v) is 5.26. The second-order valence-electron chi connectivity index (χ2n) is 3.99. The van der Waals surface area contributed by atoms with Gasteiger partial charge >= 0.3 is 0 Å². The van der Waals surface area contributed by atoms with Gasteiger partial charge in [-0.3, -0.25) is 0 Å². The van der Waals surface area contributed by atoms with Crippen LogP contribution in [0.15, 0.2) is 5.16 Å². The van der Waals surface area contributed by atoms with Crippen LogP contribution in [0.4, 0.5) is 0 Å². The average Bonchev–Trinajstić information content (AvgIpc) is 2.83. The van der Waals surface area contributed by atoms with E-state index in [9.17, 15) is 0 Å². The van der Waals surface area contributed by atoms with Crippen LogP contribution in [0.1, 0.15) is 31.5 Å². The lowest BCUT2D eigenvalue weighted by Crippen LogP contribution is -2.12. The van der Waals surface area contributed by atoms with E-state index in [4.69, 9.17) is 5.73 Å². The van der Waals surface area contributed by atoms with Gasteiger partial charge in [0.05, 0.1) is 0 Å². The van der Waals surface area contributed by atoms with Crippen molar-refractivity contribution in [1.82, 2.24) is 14.8 Å². The van der Waals surface area contributed by atoms with Gasteiger partial charge in [-0.2, -0.15) is 0 Å². The van der Waals surface area contributed by atoms with Gasteiger partial charge in [-0.05, 0) is 19.8 Å².